The number of aliphatic carboxylic acids is 2. The Bertz CT molecular complexity index is 1200. The van der Waals surface area contributed by atoms with E-state index in [0.29, 0.717) is 11.1 Å². The van der Waals surface area contributed by atoms with Gasteiger partial charge in [-0.15, -0.1) is 0 Å². The van der Waals surface area contributed by atoms with Crippen molar-refractivity contribution in [2.75, 3.05) is 13.1 Å². The minimum atomic E-state index is -4.23. The second kappa shape index (κ2) is 7.60. The third-order valence-corrected chi connectivity index (χ3v) is 6.99. The summed E-state index contributed by atoms with van der Waals surface area (Å²) in [5.74, 6) is -3.91. The Balaban J connectivity index is 1.97. The van der Waals surface area contributed by atoms with Gasteiger partial charge in [-0.25, -0.2) is 26.3 Å². The molecule has 0 saturated carbocycles. The van der Waals surface area contributed by atoms with Crippen LogP contribution in [0.2, 0.25) is 0 Å². The Labute approximate surface area is 170 Å². The smallest absolute Gasteiger partial charge is 0.240 e. The van der Waals surface area contributed by atoms with Crippen LogP contribution in [0.25, 0.3) is 11.1 Å². The van der Waals surface area contributed by atoms with E-state index in [0.717, 1.165) is 12.1 Å². The van der Waals surface area contributed by atoms with Gasteiger partial charge in [-0.3, -0.25) is 4.79 Å². The summed E-state index contributed by atoms with van der Waals surface area (Å²) in [7, 11) is -8.45. The number of ketones is 1. The number of benzene rings is 2. The van der Waals surface area contributed by atoms with E-state index >= 15 is 0 Å². The van der Waals surface area contributed by atoms with Crippen molar-refractivity contribution in [3.8, 4) is 11.1 Å². The molecule has 0 aliphatic heterocycles. The van der Waals surface area contributed by atoms with Crippen LogP contribution in [0.5, 0.6) is 0 Å². The Morgan fingerprint density at radius 3 is 1.40 bits per heavy atom. The zero-order valence-electron chi connectivity index (χ0n) is 14.9. The molecule has 0 unspecified atom stereocenters. The maximum Gasteiger partial charge on any atom is 0.240 e. The van der Waals surface area contributed by atoms with Crippen LogP contribution in [0.15, 0.2) is 46.2 Å². The summed E-state index contributed by atoms with van der Waals surface area (Å²) in [5, 5.41) is 21.0. The van der Waals surface area contributed by atoms with E-state index in [2.05, 4.69) is 0 Å². The summed E-state index contributed by atoms with van der Waals surface area (Å²) in [6.45, 7) is -1.90. The topological polar surface area (TPSA) is 190 Å². The Morgan fingerprint density at radius 2 is 1.07 bits per heavy atom. The average Bonchev–Trinajstić information content (AvgIpc) is 2.96. The lowest BCUT2D eigenvalue weighted by molar-refractivity contribution is -0.305. The summed E-state index contributed by atoms with van der Waals surface area (Å²) >= 11 is 0. The molecule has 3 rings (SSSR count). The second-order valence-electron chi connectivity index (χ2n) is 6.14. The molecule has 0 heterocycles. The molecule has 0 amide bonds. The third kappa shape index (κ3) is 4.09. The fraction of sp³-hybridized carbons (Fsp3) is 0.118. The molecule has 2 aromatic carbocycles. The van der Waals surface area contributed by atoms with Crippen LogP contribution in [-0.4, -0.2) is 47.6 Å². The maximum atomic E-state index is 12.7. The van der Waals surface area contributed by atoms with Crippen LogP contribution in [0, 0.1) is 0 Å². The van der Waals surface area contributed by atoms with Crippen molar-refractivity contribution in [3.05, 3.63) is 47.5 Å². The van der Waals surface area contributed by atoms with E-state index in [1.807, 2.05) is 9.44 Å². The molecule has 2 aromatic rings. The van der Waals surface area contributed by atoms with Gasteiger partial charge in [-0.2, -0.15) is 0 Å². The fourth-order valence-electron chi connectivity index (χ4n) is 2.85. The van der Waals surface area contributed by atoms with Crippen molar-refractivity contribution in [3.63, 3.8) is 0 Å². The molecule has 30 heavy (non-hydrogen) atoms. The molecule has 1 aliphatic rings. The van der Waals surface area contributed by atoms with Gasteiger partial charge in [0, 0.05) is 11.1 Å². The number of carbonyl (C=O) groups excluding carboxylic acids is 3. The van der Waals surface area contributed by atoms with Gasteiger partial charge in [0.15, 0.2) is 5.78 Å². The largest absolute Gasteiger partial charge is 0.549 e. The number of carboxylic acids is 2. The number of hydrogen-bond donors (Lipinski definition) is 2. The predicted molar refractivity (Wildman–Crippen MR) is 95.7 cm³/mol. The zero-order valence-corrected chi connectivity index (χ0v) is 16.5. The van der Waals surface area contributed by atoms with Crippen molar-refractivity contribution in [1.29, 1.82) is 0 Å². The monoisotopic (exact) mass is 452 g/mol. The summed E-state index contributed by atoms with van der Waals surface area (Å²) in [5.41, 5.74) is 0.693. The van der Waals surface area contributed by atoms with Gasteiger partial charge >= 0.3 is 0 Å². The standard InChI is InChI=1S/C17H14N2O9S2/c20-15(21)7-18-29(25,26)9-1-3-11-12-4-2-10(30(27,28)19-8-16(22)23)6-14(12)17(24)13(11)5-9/h1-6,18-19H,7-8H2,(H,20,21)(H,22,23)/p-2. The van der Waals surface area contributed by atoms with Crippen LogP contribution >= 0.6 is 0 Å². The molecule has 13 heteroatoms. The summed E-state index contributed by atoms with van der Waals surface area (Å²) in [6.07, 6.45) is 0. The van der Waals surface area contributed by atoms with E-state index in [1.54, 1.807) is 0 Å². The third-order valence-electron chi connectivity index (χ3n) is 4.20. The molecule has 1 aliphatic carbocycles. The number of rotatable bonds is 8. The van der Waals surface area contributed by atoms with E-state index in [9.17, 15) is 41.4 Å². The highest BCUT2D eigenvalue weighted by atomic mass is 32.2. The van der Waals surface area contributed by atoms with Gasteiger partial charge in [0.2, 0.25) is 20.0 Å². The van der Waals surface area contributed by atoms with Crippen molar-refractivity contribution in [2.24, 2.45) is 0 Å². The van der Waals surface area contributed by atoms with Gasteiger partial charge in [0.1, 0.15) is 0 Å². The number of fused-ring (bicyclic) bond motifs is 3. The van der Waals surface area contributed by atoms with Crippen molar-refractivity contribution < 1.29 is 41.4 Å². The average molecular weight is 452 g/mol. The molecular formula is C17H12N2O9S2-2. The minimum absolute atomic E-state index is 0.0152. The Hall–Kier alpha value is -3.13. The lowest BCUT2D eigenvalue weighted by Gasteiger charge is -2.09. The highest BCUT2D eigenvalue weighted by Crippen LogP contribution is 2.38. The lowest BCUT2D eigenvalue weighted by atomic mass is 10.1. The maximum absolute atomic E-state index is 12.7. The fourth-order valence-corrected chi connectivity index (χ4v) is 4.84. The first-order valence-electron chi connectivity index (χ1n) is 8.14. The Morgan fingerprint density at radius 1 is 0.700 bits per heavy atom. The summed E-state index contributed by atoms with van der Waals surface area (Å²) in [4.78, 5) is 33.0. The number of nitrogens with one attached hydrogen (secondary N) is 2. The molecule has 0 saturated heterocycles. The van der Waals surface area contributed by atoms with E-state index in [4.69, 9.17) is 0 Å². The van der Waals surface area contributed by atoms with Gasteiger partial charge < -0.3 is 19.8 Å². The first-order valence-corrected chi connectivity index (χ1v) is 11.1. The van der Waals surface area contributed by atoms with Crippen molar-refractivity contribution >= 4 is 37.8 Å². The van der Waals surface area contributed by atoms with Gasteiger partial charge in [0.05, 0.1) is 34.8 Å². The molecule has 11 nitrogen and oxygen atoms in total. The first kappa shape index (κ1) is 21.6. The number of carboxylic acid groups (broad SMARTS) is 2. The molecule has 0 spiro atoms. The molecule has 2 N–H and O–H groups in total. The van der Waals surface area contributed by atoms with E-state index in [1.165, 1.54) is 24.3 Å². The quantitative estimate of drug-likeness (QED) is 0.358. The molecule has 0 bridgehead atoms. The molecule has 0 fully saturated rings. The van der Waals surface area contributed by atoms with Crippen LogP contribution in [0.1, 0.15) is 15.9 Å². The highest BCUT2D eigenvalue weighted by Gasteiger charge is 2.30. The van der Waals surface area contributed by atoms with Crippen molar-refractivity contribution in [2.45, 2.75) is 9.79 Å². The second-order valence-corrected chi connectivity index (χ2v) is 9.67. The van der Waals surface area contributed by atoms with Crippen LogP contribution in [0.4, 0.5) is 0 Å². The molecule has 0 radical (unpaired) electrons. The van der Waals surface area contributed by atoms with Gasteiger partial charge in [-0.05, 0) is 35.4 Å². The van der Waals surface area contributed by atoms with Crippen LogP contribution in [-0.2, 0) is 29.6 Å². The Kier molecular flexibility index (Phi) is 5.47. The molecular weight excluding hydrogens is 440 g/mol. The van der Waals surface area contributed by atoms with E-state index in [-0.39, 0.29) is 20.9 Å². The summed E-state index contributed by atoms with van der Waals surface area (Å²) < 4.78 is 52.3. The van der Waals surface area contributed by atoms with Gasteiger partial charge in [0.25, 0.3) is 0 Å². The number of sulfonamides is 2. The van der Waals surface area contributed by atoms with Crippen LogP contribution in [0.3, 0.4) is 0 Å². The molecule has 158 valence electrons. The summed E-state index contributed by atoms with van der Waals surface area (Å²) in [6, 6.07) is 7.13. The van der Waals surface area contributed by atoms with Crippen molar-refractivity contribution in [1.82, 2.24) is 9.44 Å². The number of hydrogen-bond acceptors (Lipinski definition) is 9. The molecule has 0 aromatic heterocycles. The first-order chi connectivity index (χ1) is 13.9. The lowest BCUT2D eigenvalue weighted by Crippen LogP contribution is -2.37. The normalized spacial score (nSPS) is 13.0. The zero-order chi connectivity index (χ0) is 22.3. The predicted octanol–water partition coefficient (Wildman–Crippen LogP) is -3.05. The number of carbonyl (C=O) groups is 3. The van der Waals surface area contributed by atoms with Gasteiger partial charge in [-0.1, -0.05) is 12.1 Å². The molecule has 0 atom stereocenters. The minimum Gasteiger partial charge on any atom is -0.549 e. The van der Waals surface area contributed by atoms with E-state index < -0.39 is 50.9 Å². The highest BCUT2D eigenvalue weighted by molar-refractivity contribution is 7.89. The SMILES string of the molecule is O=C([O-])CNS(=O)(=O)c1ccc2c(c1)C(=O)c1cc(S(=O)(=O)NCC(=O)[O-])ccc1-2. The van der Waals surface area contributed by atoms with Crippen LogP contribution < -0.4 is 19.7 Å².